The minimum Gasteiger partial charge on any atom is -0.497 e. The normalized spacial score (nSPS) is 18.6. The van der Waals surface area contributed by atoms with E-state index in [0.29, 0.717) is 37.5 Å². The molecule has 2 aliphatic heterocycles. The summed E-state index contributed by atoms with van der Waals surface area (Å²) in [5.74, 6) is -0.319. The number of amides is 3. The molecular formula is C24H23N3O4S2. The van der Waals surface area contributed by atoms with Crippen LogP contribution in [0.15, 0.2) is 53.4 Å². The van der Waals surface area contributed by atoms with Crippen molar-refractivity contribution in [2.45, 2.75) is 26.3 Å². The Labute approximate surface area is 201 Å². The summed E-state index contributed by atoms with van der Waals surface area (Å²) in [6.07, 6.45) is 0.747. The maximum atomic E-state index is 13.5. The number of benzene rings is 2. The van der Waals surface area contributed by atoms with Gasteiger partial charge in [0.2, 0.25) is 5.91 Å². The lowest BCUT2D eigenvalue weighted by Gasteiger charge is -2.21. The molecule has 0 bridgehead atoms. The third kappa shape index (κ3) is 4.26. The number of hydrogen-bond donors (Lipinski definition) is 1. The molecule has 2 heterocycles. The monoisotopic (exact) mass is 481 g/mol. The van der Waals surface area contributed by atoms with Crippen molar-refractivity contribution in [1.29, 1.82) is 0 Å². The third-order valence-corrected chi connectivity index (χ3v) is 7.06. The molecule has 1 atom stereocenters. The van der Waals surface area contributed by atoms with Gasteiger partial charge in [-0.25, -0.2) is 0 Å². The number of rotatable bonds is 6. The molecule has 0 saturated carbocycles. The van der Waals surface area contributed by atoms with Gasteiger partial charge >= 0.3 is 0 Å². The van der Waals surface area contributed by atoms with E-state index in [4.69, 9.17) is 17.0 Å². The summed E-state index contributed by atoms with van der Waals surface area (Å²) >= 11 is 6.58. The number of hydrogen-bond acceptors (Lipinski definition) is 6. The van der Waals surface area contributed by atoms with Gasteiger partial charge < -0.3 is 10.1 Å². The minimum atomic E-state index is -0.384. The summed E-state index contributed by atoms with van der Waals surface area (Å²) in [5.41, 5.74) is 2.11. The van der Waals surface area contributed by atoms with E-state index >= 15 is 0 Å². The Morgan fingerprint density at radius 1 is 1.12 bits per heavy atom. The minimum absolute atomic E-state index is 0.0614. The predicted octanol–water partition coefficient (Wildman–Crippen LogP) is 4.05. The smallest absolute Gasteiger partial charge is 0.267 e. The Balaban J connectivity index is 1.62. The van der Waals surface area contributed by atoms with Gasteiger partial charge in [0.05, 0.1) is 23.3 Å². The molecule has 1 fully saturated rings. The number of carbonyl (C=O) groups excluding carboxylic acids is 3. The van der Waals surface area contributed by atoms with Crippen LogP contribution in [0.3, 0.4) is 0 Å². The molecule has 0 radical (unpaired) electrons. The molecule has 2 aromatic rings. The number of ether oxygens (including phenoxy) is 1. The lowest BCUT2D eigenvalue weighted by atomic mass is 10.1. The highest BCUT2D eigenvalue weighted by molar-refractivity contribution is 8.26. The van der Waals surface area contributed by atoms with Crippen LogP contribution >= 0.6 is 24.0 Å². The number of carbonyl (C=O) groups is 3. The number of fused-ring (bicyclic) bond motifs is 1. The van der Waals surface area contributed by atoms with E-state index in [-0.39, 0.29) is 30.3 Å². The van der Waals surface area contributed by atoms with Crippen LogP contribution in [-0.4, -0.2) is 46.6 Å². The molecule has 1 N–H and O–H groups in total. The Hall–Kier alpha value is -3.17. The van der Waals surface area contributed by atoms with Crippen LogP contribution in [0.4, 0.5) is 11.4 Å². The molecule has 2 aromatic carbocycles. The lowest BCUT2D eigenvalue weighted by molar-refractivity contribution is -0.123. The molecule has 1 saturated heterocycles. The van der Waals surface area contributed by atoms with E-state index in [1.54, 1.807) is 54.5 Å². The van der Waals surface area contributed by atoms with Crippen molar-refractivity contribution in [1.82, 2.24) is 4.90 Å². The Morgan fingerprint density at radius 3 is 2.48 bits per heavy atom. The molecule has 0 spiro atoms. The van der Waals surface area contributed by atoms with Crippen molar-refractivity contribution < 1.29 is 19.1 Å². The molecule has 7 nitrogen and oxygen atoms in total. The number of nitrogens with zero attached hydrogens (tertiary/aromatic N) is 2. The molecule has 4 rings (SSSR count). The fraction of sp³-hybridized carbons (Fsp3) is 0.250. The van der Waals surface area contributed by atoms with Gasteiger partial charge in [-0.15, -0.1) is 0 Å². The van der Waals surface area contributed by atoms with Crippen LogP contribution in [0.25, 0.3) is 5.57 Å². The molecule has 9 heteroatoms. The van der Waals surface area contributed by atoms with Gasteiger partial charge in [0, 0.05) is 17.3 Å². The Kier molecular flexibility index (Phi) is 6.53. The van der Waals surface area contributed by atoms with Gasteiger partial charge in [0.1, 0.15) is 16.6 Å². The highest BCUT2D eigenvalue weighted by Crippen LogP contribution is 2.45. The maximum Gasteiger partial charge on any atom is 0.267 e. The van der Waals surface area contributed by atoms with Crippen molar-refractivity contribution in [2.75, 3.05) is 23.9 Å². The van der Waals surface area contributed by atoms with E-state index in [9.17, 15) is 14.4 Å². The first-order valence-corrected chi connectivity index (χ1v) is 11.7. The predicted molar refractivity (Wildman–Crippen MR) is 134 cm³/mol. The second-order valence-corrected chi connectivity index (χ2v) is 9.33. The molecular weight excluding hydrogens is 458 g/mol. The van der Waals surface area contributed by atoms with Crippen LogP contribution in [0.5, 0.6) is 5.75 Å². The van der Waals surface area contributed by atoms with Crippen LogP contribution in [-0.2, 0) is 14.4 Å². The number of methoxy groups -OCH3 is 1. The standard InChI is InChI=1S/C24H23N3O4S2/c1-4-14(2)27-23(30)21(33-24(27)32)20-17-7-5-6-8-18(17)26(22(20)29)13-19(28)25-15-9-11-16(31-3)12-10-15/h5-12,14H,4,13H2,1-3H3,(H,25,28)/b21-20-/t14-/m0/s1. The van der Waals surface area contributed by atoms with Gasteiger partial charge in [0.15, 0.2) is 0 Å². The Morgan fingerprint density at radius 2 is 1.82 bits per heavy atom. The summed E-state index contributed by atoms with van der Waals surface area (Å²) < 4.78 is 5.57. The quantitative estimate of drug-likeness (QED) is 0.495. The molecule has 0 aromatic heterocycles. The van der Waals surface area contributed by atoms with E-state index in [2.05, 4.69) is 5.32 Å². The van der Waals surface area contributed by atoms with Crippen LogP contribution in [0, 0.1) is 0 Å². The van der Waals surface area contributed by atoms with Crippen LogP contribution < -0.4 is 15.0 Å². The van der Waals surface area contributed by atoms with Gasteiger partial charge in [-0.05, 0) is 43.7 Å². The first-order chi connectivity index (χ1) is 15.8. The van der Waals surface area contributed by atoms with Crippen LogP contribution in [0.1, 0.15) is 25.8 Å². The second-order valence-electron chi connectivity index (χ2n) is 7.69. The summed E-state index contributed by atoms with van der Waals surface area (Å²) in [7, 11) is 1.57. The van der Waals surface area contributed by atoms with Crippen LogP contribution in [0.2, 0.25) is 0 Å². The first kappa shape index (κ1) is 23.0. The zero-order valence-electron chi connectivity index (χ0n) is 18.5. The number of thioether (sulfide) groups is 1. The van der Waals surface area contributed by atoms with E-state index in [0.717, 1.165) is 18.2 Å². The van der Waals surface area contributed by atoms with Gasteiger partial charge in [-0.1, -0.05) is 49.1 Å². The number of anilines is 2. The Bertz CT molecular complexity index is 1180. The number of nitrogens with one attached hydrogen (secondary N) is 1. The van der Waals surface area contributed by atoms with E-state index in [1.807, 2.05) is 19.9 Å². The van der Waals surface area contributed by atoms with Crippen molar-refractivity contribution in [3.63, 3.8) is 0 Å². The highest BCUT2D eigenvalue weighted by Gasteiger charge is 2.43. The molecule has 0 unspecified atom stereocenters. The lowest BCUT2D eigenvalue weighted by Crippen LogP contribution is -2.37. The van der Waals surface area contributed by atoms with Gasteiger partial charge in [-0.3, -0.25) is 24.2 Å². The van der Waals surface area contributed by atoms with Gasteiger partial charge in [0.25, 0.3) is 11.8 Å². The SMILES string of the molecule is CC[C@H](C)N1C(=O)/C(=C2/C(=O)N(CC(=O)Nc3ccc(OC)cc3)c3ccccc32)SC1=S. The van der Waals surface area contributed by atoms with Crippen molar-refractivity contribution in [2.24, 2.45) is 0 Å². The topological polar surface area (TPSA) is 79.0 Å². The fourth-order valence-corrected chi connectivity index (χ4v) is 5.30. The molecule has 2 aliphatic rings. The zero-order chi connectivity index (χ0) is 23.7. The van der Waals surface area contributed by atoms with Crippen molar-refractivity contribution in [3.8, 4) is 5.75 Å². The average molecular weight is 482 g/mol. The maximum absolute atomic E-state index is 13.5. The van der Waals surface area contributed by atoms with Crippen molar-refractivity contribution >= 4 is 63.0 Å². The molecule has 3 amide bonds. The molecule has 170 valence electrons. The number of thiocarbonyl (C=S) groups is 1. The summed E-state index contributed by atoms with van der Waals surface area (Å²) in [4.78, 5) is 42.7. The summed E-state index contributed by atoms with van der Waals surface area (Å²) in [6.45, 7) is 3.73. The number of para-hydroxylation sites is 1. The third-order valence-electron chi connectivity index (χ3n) is 5.66. The first-order valence-electron chi connectivity index (χ1n) is 10.5. The molecule has 0 aliphatic carbocycles. The van der Waals surface area contributed by atoms with Gasteiger partial charge in [-0.2, -0.15) is 0 Å². The zero-order valence-corrected chi connectivity index (χ0v) is 20.1. The summed E-state index contributed by atoms with van der Waals surface area (Å²) in [6, 6.07) is 14.0. The van der Waals surface area contributed by atoms with E-state index in [1.165, 1.54) is 4.90 Å². The van der Waals surface area contributed by atoms with Crippen molar-refractivity contribution in [3.05, 3.63) is 59.0 Å². The highest BCUT2D eigenvalue weighted by atomic mass is 32.2. The fourth-order valence-electron chi connectivity index (χ4n) is 3.77. The largest absolute Gasteiger partial charge is 0.497 e. The second kappa shape index (κ2) is 9.36. The average Bonchev–Trinajstić information content (AvgIpc) is 3.25. The molecule has 33 heavy (non-hydrogen) atoms. The summed E-state index contributed by atoms with van der Waals surface area (Å²) in [5, 5.41) is 2.80. The van der Waals surface area contributed by atoms with E-state index < -0.39 is 0 Å².